The Morgan fingerprint density at radius 2 is 2.00 bits per heavy atom. The van der Waals surface area contributed by atoms with E-state index in [4.69, 9.17) is 5.73 Å². The zero-order valence-corrected chi connectivity index (χ0v) is 18.4. The van der Waals surface area contributed by atoms with Crippen molar-refractivity contribution < 1.29 is 9.59 Å². The Labute approximate surface area is 187 Å². The quantitative estimate of drug-likeness (QED) is 0.623. The van der Waals surface area contributed by atoms with Gasteiger partial charge in [0, 0.05) is 30.7 Å². The summed E-state index contributed by atoms with van der Waals surface area (Å²) in [6.07, 6.45) is 3.34. The summed E-state index contributed by atoms with van der Waals surface area (Å²) in [6.45, 7) is 6.10. The van der Waals surface area contributed by atoms with Crippen LogP contribution >= 0.6 is 0 Å². The average molecular weight is 433 g/mol. The summed E-state index contributed by atoms with van der Waals surface area (Å²) in [4.78, 5) is 31.1. The number of carbonyl (C=O) groups excluding carboxylic acids is 2. The van der Waals surface area contributed by atoms with Crippen LogP contribution in [0.15, 0.2) is 48.7 Å². The van der Waals surface area contributed by atoms with Crippen LogP contribution in [0, 0.1) is 19.8 Å². The number of pyridine rings is 1. The number of likely N-dealkylation sites (tertiary alicyclic amines) is 1. The minimum absolute atomic E-state index is 0.114. The van der Waals surface area contributed by atoms with Crippen LogP contribution < -0.4 is 11.1 Å². The van der Waals surface area contributed by atoms with Gasteiger partial charge in [0.15, 0.2) is 5.82 Å². The molecule has 2 amide bonds. The van der Waals surface area contributed by atoms with Gasteiger partial charge in [0.25, 0.3) is 5.91 Å². The smallest absolute Gasteiger partial charge is 0.257 e. The Morgan fingerprint density at radius 1 is 1.19 bits per heavy atom. The van der Waals surface area contributed by atoms with Gasteiger partial charge >= 0.3 is 0 Å². The molecular weight excluding hydrogens is 404 g/mol. The van der Waals surface area contributed by atoms with Crippen LogP contribution in [0.5, 0.6) is 0 Å². The predicted octanol–water partition coefficient (Wildman–Crippen LogP) is 2.83. The van der Waals surface area contributed by atoms with Crippen LogP contribution in [0.2, 0.25) is 0 Å². The number of aryl methyl sites for hydroxylation is 2. The third-order valence-corrected chi connectivity index (χ3v) is 5.80. The molecule has 0 bridgehead atoms. The largest absolute Gasteiger partial charge is 0.369 e. The highest BCUT2D eigenvalue weighted by Crippen LogP contribution is 2.23. The van der Waals surface area contributed by atoms with E-state index in [1.54, 1.807) is 23.0 Å². The number of hydrogen-bond donors (Lipinski definition) is 2. The fourth-order valence-corrected chi connectivity index (χ4v) is 4.15. The second-order valence-corrected chi connectivity index (χ2v) is 8.33. The SMILES string of the molecule is Cc1cc(C)n(-c2ccc(C(=O)Nc3ccccc3CN3CCCC(C(N)=O)C3)cn2)n1. The van der Waals surface area contributed by atoms with Crippen molar-refractivity contribution in [3.8, 4) is 5.82 Å². The van der Waals surface area contributed by atoms with E-state index < -0.39 is 0 Å². The molecule has 3 heterocycles. The maximum atomic E-state index is 12.9. The number of primary amides is 1. The van der Waals surface area contributed by atoms with Gasteiger partial charge in [-0.3, -0.25) is 14.5 Å². The van der Waals surface area contributed by atoms with E-state index >= 15 is 0 Å². The molecule has 0 aliphatic carbocycles. The summed E-state index contributed by atoms with van der Waals surface area (Å²) in [5, 5.41) is 7.43. The highest BCUT2D eigenvalue weighted by molar-refractivity contribution is 6.04. The second kappa shape index (κ2) is 9.32. The number of para-hydroxylation sites is 1. The number of rotatable bonds is 6. The van der Waals surface area contributed by atoms with Crippen molar-refractivity contribution >= 4 is 17.5 Å². The van der Waals surface area contributed by atoms with E-state index in [2.05, 4.69) is 20.3 Å². The molecule has 1 atom stereocenters. The highest BCUT2D eigenvalue weighted by Gasteiger charge is 2.24. The monoisotopic (exact) mass is 432 g/mol. The fourth-order valence-electron chi connectivity index (χ4n) is 4.15. The standard InChI is InChI=1S/C24H28N6O2/c1-16-12-17(2)30(28-16)22-10-9-18(13-26-22)24(32)27-21-8-4-3-6-19(21)14-29-11-5-7-20(15-29)23(25)31/h3-4,6,8-10,12-13,20H,5,7,11,14-15H2,1-2H3,(H2,25,31)(H,27,32). The lowest BCUT2D eigenvalue weighted by Gasteiger charge is -2.31. The molecule has 166 valence electrons. The van der Waals surface area contributed by atoms with Crippen LogP contribution in [0.3, 0.4) is 0 Å². The van der Waals surface area contributed by atoms with Crippen molar-refractivity contribution in [1.82, 2.24) is 19.7 Å². The maximum absolute atomic E-state index is 12.9. The van der Waals surface area contributed by atoms with Gasteiger partial charge in [-0.25, -0.2) is 9.67 Å². The molecule has 1 saturated heterocycles. The lowest BCUT2D eigenvalue weighted by atomic mass is 9.97. The summed E-state index contributed by atoms with van der Waals surface area (Å²) in [6, 6.07) is 13.2. The Hall–Kier alpha value is -3.52. The van der Waals surface area contributed by atoms with E-state index in [9.17, 15) is 9.59 Å². The number of nitrogens with two attached hydrogens (primary N) is 1. The molecule has 3 aromatic rings. The maximum Gasteiger partial charge on any atom is 0.257 e. The van der Waals surface area contributed by atoms with Crippen molar-refractivity contribution in [2.75, 3.05) is 18.4 Å². The minimum Gasteiger partial charge on any atom is -0.369 e. The van der Waals surface area contributed by atoms with Crippen LogP contribution in [-0.2, 0) is 11.3 Å². The Morgan fingerprint density at radius 3 is 2.69 bits per heavy atom. The van der Waals surface area contributed by atoms with Gasteiger partial charge < -0.3 is 11.1 Å². The van der Waals surface area contributed by atoms with E-state index in [0.29, 0.717) is 24.5 Å². The minimum atomic E-state index is -0.243. The van der Waals surface area contributed by atoms with Crippen LogP contribution in [0.25, 0.3) is 5.82 Å². The Bertz CT molecular complexity index is 1120. The number of hydrogen-bond acceptors (Lipinski definition) is 5. The first kappa shape index (κ1) is 21.7. The molecule has 0 spiro atoms. The topological polar surface area (TPSA) is 106 Å². The van der Waals surface area contributed by atoms with Gasteiger partial charge in [-0.1, -0.05) is 18.2 Å². The molecule has 1 unspecified atom stereocenters. The number of anilines is 1. The van der Waals surface area contributed by atoms with Crippen LogP contribution in [0.4, 0.5) is 5.69 Å². The van der Waals surface area contributed by atoms with Gasteiger partial charge in [-0.15, -0.1) is 0 Å². The zero-order chi connectivity index (χ0) is 22.7. The van der Waals surface area contributed by atoms with Crippen molar-refractivity contribution in [3.63, 3.8) is 0 Å². The highest BCUT2D eigenvalue weighted by atomic mass is 16.2. The number of piperidine rings is 1. The van der Waals surface area contributed by atoms with E-state index in [-0.39, 0.29) is 17.7 Å². The first-order chi connectivity index (χ1) is 15.4. The molecule has 8 heteroatoms. The molecule has 0 radical (unpaired) electrons. The summed E-state index contributed by atoms with van der Waals surface area (Å²) in [7, 11) is 0. The average Bonchev–Trinajstić information content (AvgIpc) is 3.13. The molecule has 8 nitrogen and oxygen atoms in total. The molecule has 1 aromatic carbocycles. The first-order valence-corrected chi connectivity index (χ1v) is 10.8. The van der Waals surface area contributed by atoms with Gasteiger partial charge in [0.1, 0.15) is 0 Å². The summed E-state index contributed by atoms with van der Waals surface area (Å²) < 4.78 is 1.75. The lowest BCUT2D eigenvalue weighted by Crippen LogP contribution is -2.40. The fraction of sp³-hybridized carbons (Fsp3) is 0.333. The van der Waals surface area contributed by atoms with Crippen molar-refractivity contribution in [3.05, 3.63) is 71.2 Å². The van der Waals surface area contributed by atoms with Gasteiger partial charge in [-0.05, 0) is 63.1 Å². The number of benzene rings is 1. The molecule has 1 aliphatic heterocycles. The van der Waals surface area contributed by atoms with E-state index in [0.717, 1.165) is 42.0 Å². The Kier molecular flexibility index (Phi) is 6.32. The third-order valence-electron chi connectivity index (χ3n) is 5.80. The zero-order valence-electron chi connectivity index (χ0n) is 18.4. The number of nitrogens with zero attached hydrogens (tertiary/aromatic N) is 4. The molecule has 0 saturated carbocycles. The van der Waals surface area contributed by atoms with Gasteiger partial charge in [-0.2, -0.15) is 5.10 Å². The molecule has 1 fully saturated rings. The predicted molar refractivity (Wildman–Crippen MR) is 122 cm³/mol. The third kappa shape index (κ3) is 4.86. The van der Waals surface area contributed by atoms with Crippen molar-refractivity contribution in [1.29, 1.82) is 0 Å². The molecule has 3 N–H and O–H groups in total. The molecule has 4 rings (SSSR count). The lowest BCUT2D eigenvalue weighted by molar-refractivity contribution is -0.123. The molecule has 1 aliphatic rings. The molecule has 2 aromatic heterocycles. The van der Waals surface area contributed by atoms with Crippen LogP contribution in [0.1, 0.15) is 40.2 Å². The first-order valence-electron chi connectivity index (χ1n) is 10.8. The number of nitrogens with one attached hydrogen (secondary N) is 1. The number of carbonyl (C=O) groups is 2. The van der Waals surface area contributed by atoms with E-state index in [1.807, 2.05) is 44.2 Å². The number of amides is 2. The number of aromatic nitrogens is 3. The normalized spacial score (nSPS) is 16.6. The van der Waals surface area contributed by atoms with E-state index in [1.165, 1.54) is 0 Å². The summed E-state index contributed by atoms with van der Waals surface area (Å²) in [5.74, 6) is 0.0881. The van der Waals surface area contributed by atoms with Crippen molar-refractivity contribution in [2.24, 2.45) is 11.7 Å². The molecular formula is C24H28N6O2. The molecule has 32 heavy (non-hydrogen) atoms. The second-order valence-electron chi connectivity index (χ2n) is 8.33. The summed E-state index contributed by atoms with van der Waals surface area (Å²) >= 11 is 0. The van der Waals surface area contributed by atoms with Crippen LogP contribution in [-0.4, -0.2) is 44.6 Å². The van der Waals surface area contributed by atoms with Crippen molar-refractivity contribution in [2.45, 2.75) is 33.2 Å². The van der Waals surface area contributed by atoms with Gasteiger partial charge in [0.2, 0.25) is 5.91 Å². The summed E-state index contributed by atoms with van der Waals surface area (Å²) in [5.41, 5.74) is 9.62. The Balaban J connectivity index is 1.46. The van der Waals surface area contributed by atoms with Gasteiger partial charge in [0.05, 0.1) is 17.2 Å².